The van der Waals surface area contributed by atoms with Gasteiger partial charge in [0.15, 0.2) is 11.5 Å². The SMILES string of the molecule is COc1ccc(N2Cc3ccc(CN4Cc5cnc(F)cc5C4=O)cc3C2=O)cc1OC1CCCC1. The lowest BCUT2D eigenvalue weighted by Gasteiger charge is -2.20. The fraction of sp³-hybridized carbons (Fsp3) is 0.321. The molecule has 0 bridgehead atoms. The van der Waals surface area contributed by atoms with Gasteiger partial charge in [0.2, 0.25) is 5.95 Å². The van der Waals surface area contributed by atoms with Crippen molar-refractivity contribution in [1.82, 2.24) is 9.88 Å². The van der Waals surface area contributed by atoms with E-state index in [0.717, 1.165) is 42.5 Å². The normalized spacial score (nSPS) is 17.1. The van der Waals surface area contributed by atoms with E-state index in [0.29, 0.717) is 47.8 Å². The summed E-state index contributed by atoms with van der Waals surface area (Å²) in [7, 11) is 1.62. The predicted molar refractivity (Wildman–Crippen MR) is 131 cm³/mol. The summed E-state index contributed by atoms with van der Waals surface area (Å²) in [5, 5.41) is 0. The van der Waals surface area contributed by atoms with Crippen LogP contribution < -0.4 is 14.4 Å². The Balaban J connectivity index is 1.21. The standard InChI is InChI=1S/C28H26FN3O4/c1-35-24-9-8-20(11-25(24)36-21-4-2-3-5-21)32-16-18-7-6-17(10-22(18)28(32)34)14-31-15-19-13-30-26(29)12-23(19)27(31)33/h6-13,21H,2-5,14-16H2,1H3. The first-order valence-electron chi connectivity index (χ1n) is 12.2. The first-order chi connectivity index (χ1) is 17.5. The van der Waals surface area contributed by atoms with Crippen LogP contribution in [0.4, 0.5) is 10.1 Å². The van der Waals surface area contributed by atoms with Crippen LogP contribution >= 0.6 is 0 Å². The van der Waals surface area contributed by atoms with E-state index in [-0.39, 0.29) is 17.9 Å². The maximum atomic E-state index is 13.5. The second kappa shape index (κ2) is 8.93. The molecule has 1 fully saturated rings. The molecule has 0 unspecified atom stereocenters. The van der Waals surface area contributed by atoms with Crippen LogP contribution in [0.15, 0.2) is 48.7 Å². The highest BCUT2D eigenvalue weighted by Crippen LogP contribution is 2.38. The third-order valence-electron chi connectivity index (χ3n) is 7.24. The lowest BCUT2D eigenvalue weighted by Crippen LogP contribution is -2.24. The summed E-state index contributed by atoms with van der Waals surface area (Å²) < 4.78 is 25.2. The number of halogens is 1. The van der Waals surface area contributed by atoms with Crippen LogP contribution in [0.2, 0.25) is 0 Å². The van der Waals surface area contributed by atoms with Crippen LogP contribution in [0.1, 0.15) is 63.1 Å². The number of carbonyl (C=O) groups excluding carboxylic acids is 2. The van der Waals surface area contributed by atoms with Crippen molar-refractivity contribution in [3.05, 3.63) is 82.4 Å². The van der Waals surface area contributed by atoms with Gasteiger partial charge in [0.1, 0.15) is 0 Å². The number of carbonyl (C=O) groups is 2. The predicted octanol–water partition coefficient (Wildman–Crippen LogP) is 4.87. The summed E-state index contributed by atoms with van der Waals surface area (Å²) in [5.41, 5.74) is 4.21. The Hall–Kier alpha value is -3.94. The molecule has 36 heavy (non-hydrogen) atoms. The summed E-state index contributed by atoms with van der Waals surface area (Å²) >= 11 is 0. The molecule has 7 nitrogen and oxygen atoms in total. The third kappa shape index (κ3) is 3.96. The Kier molecular flexibility index (Phi) is 5.59. The molecule has 2 aliphatic heterocycles. The fourth-order valence-corrected chi connectivity index (χ4v) is 5.35. The van der Waals surface area contributed by atoms with Crippen LogP contribution in [-0.2, 0) is 19.6 Å². The van der Waals surface area contributed by atoms with E-state index in [1.807, 2.05) is 36.4 Å². The first-order valence-corrected chi connectivity index (χ1v) is 12.2. The van der Waals surface area contributed by atoms with E-state index in [4.69, 9.17) is 9.47 Å². The van der Waals surface area contributed by atoms with Crippen LogP contribution in [-0.4, -0.2) is 34.9 Å². The van der Waals surface area contributed by atoms with Gasteiger partial charge in [-0.2, -0.15) is 4.39 Å². The zero-order valence-electron chi connectivity index (χ0n) is 20.0. The summed E-state index contributed by atoms with van der Waals surface area (Å²) in [4.78, 5) is 33.2. The van der Waals surface area contributed by atoms with Crippen molar-refractivity contribution in [3.8, 4) is 11.5 Å². The fourth-order valence-electron chi connectivity index (χ4n) is 5.35. The molecule has 2 amide bonds. The monoisotopic (exact) mass is 487 g/mol. The molecule has 1 aromatic heterocycles. The molecular weight excluding hydrogens is 461 g/mol. The van der Waals surface area contributed by atoms with Gasteiger partial charge in [0, 0.05) is 48.2 Å². The number of anilines is 1. The van der Waals surface area contributed by atoms with Gasteiger partial charge >= 0.3 is 0 Å². The minimum absolute atomic E-state index is 0.0915. The average Bonchev–Trinajstić information content (AvgIpc) is 3.59. The average molecular weight is 488 g/mol. The van der Waals surface area contributed by atoms with Gasteiger partial charge in [0.25, 0.3) is 11.8 Å². The van der Waals surface area contributed by atoms with Crippen molar-refractivity contribution >= 4 is 17.5 Å². The van der Waals surface area contributed by atoms with Crippen molar-refractivity contribution in [2.24, 2.45) is 0 Å². The molecule has 0 atom stereocenters. The number of nitrogens with zero attached hydrogens (tertiary/aromatic N) is 3. The van der Waals surface area contributed by atoms with Gasteiger partial charge in [-0.1, -0.05) is 12.1 Å². The second-order valence-corrected chi connectivity index (χ2v) is 9.57. The Morgan fingerprint density at radius 3 is 2.56 bits per heavy atom. The van der Waals surface area contributed by atoms with E-state index >= 15 is 0 Å². The Labute approximate surface area is 208 Å². The van der Waals surface area contributed by atoms with E-state index < -0.39 is 5.95 Å². The van der Waals surface area contributed by atoms with Gasteiger partial charge in [0.05, 0.1) is 25.3 Å². The first kappa shape index (κ1) is 22.5. The number of aromatic nitrogens is 1. The molecule has 184 valence electrons. The molecule has 6 rings (SSSR count). The number of amides is 2. The molecule has 0 radical (unpaired) electrons. The molecular formula is C28H26FN3O4. The highest BCUT2D eigenvalue weighted by molar-refractivity contribution is 6.10. The van der Waals surface area contributed by atoms with E-state index in [2.05, 4.69) is 4.98 Å². The Morgan fingerprint density at radius 2 is 1.75 bits per heavy atom. The summed E-state index contributed by atoms with van der Waals surface area (Å²) in [6.07, 6.45) is 5.97. The molecule has 0 spiro atoms. The second-order valence-electron chi connectivity index (χ2n) is 9.57. The zero-order valence-corrected chi connectivity index (χ0v) is 20.0. The number of pyridine rings is 1. The Bertz CT molecular complexity index is 1370. The zero-order chi connectivity index (χ0) is 24.8. The van der Waals surface area contributed by atoms with Crippen LogP contribution in [0.25, 0.3) is 0 Å². The summed E-state index contributed by atoms with van der Waals surface area (Å²) in [6.45, 7) is 1.16. The van der Waals surface area contributed by atoms with E-state index in [9.17, 15) is 14.0 Å². The van der Waals surface area contributed by atoms with Gasteiger partial charge in [-0.05, 0) is 55.0 Å². The van der Waals surface area contributed by atoms with Gasteiger partial charge in [-0.3, -0.25) is 9.59 Å². The van der Waals surface area contributed by atoms with E-state index in [1.165, 1.54) is 12.3 Å². The molecule has 1 aliphatic carbocycles. The lowest BCUT2D eigenvalue weighted by atomic mass is 10.1. The molecule has 3 aliphatic rings. The summed E-state index contributed by atoms with van der Waals surface area (Å²) in [6, 6.07) is 12.5. The van der Waals surface area contributed by atoms with Crippen LogP contribution in [0, 0.1) is 5.95 Å². The number of fused-ring (bicyclic) bond motifs is 2. The highest BCUT2D eigenvalue weighted by Gasteiger charge is 2.32. The number of hydrogen-bond donors (Lipinski definition) is 0. The topological polar surface area (TPSA) is 72.0 Å². The van der Waals surface area contributed by atoms with Gasteiger partial charge < -0.3 is 19.3 Å². The molecule has 0 saturated heterocycles. The smallest absolute Gasteiger partial charge is 0.258 e. The maximum Gasteiger partial charge on any atom is 0.258 e. The number of ether oxygens (including phenoxy) is 2. The Morgan fingerprint density at radius 1 is 0.944 bits per heavy atom. The van der Waals surface area contributed by atoms with Crippen molar-refractivity contribution in [2.75, 3.05) is 12.0 Å². The van der Waals surface area contributed by atoms with Crippen molar-refractivity contribution in [1.29, 1.82) is 0 Å². The van der Waals surface area contributed by atoms with Gasteiger partial charge in [-0.25, -0.2) is 4.98 Å². The highest BCUT2D eigenvalue weighted by atomic mass is 19.1. The van der Waals surface area contributed by atoms with Crippen molar-refractivity contribution in [2.45, 2.75) is 51.4 Å². The number of hydrogen-bond acceptors (Lipinski definition) is 5. The maximum absolute atomic E-state index is 13.5. The number of rotatable bonds is 6. The van der Waals surface area contributed by atoms with Gasteiger partial charge in [-0.15, -0.1) is 0 Å². The molecule has 1 saturated carbocycles. The molecule has 8 heteroatoms. The van der Waals surface area contributed by atoms with Crippen molar-refractivity contribution < 1.29 is 23.5 Å². The minimum atomic E-state index is -0.664. The van der Waals surface area contributed by atoms with E-state index in [1.54, 1.807) is 16.9 Å². The third-order valence-corrected chi connectivity index (χ3v) is 7.24. The van der Waals surface area contributed by atoms with Crippen LogP contribution in [0.3, 0.4) is 0 Å². The quantitative estimate of drug-likeness (QED) is 0.464. The largest absolute Gasteiger partial charge is 0.493 e. The number of benzene rings is 2. The van der Waals surface area contributed by atoms with Crippen LogP contribution in [0.5, 0.6) is 11.5 Å². The molecule has 2 aromatic carbocycles. The lowest BCUT2D eigenvalue weighted by molar-refractivity contribution is 0.0766. The molecule has 0 N–H and O–H groups in total. The summed E-state index contributed by atoms with van der Waals surface area (Å²) in [5.74, 6) is 0.328. The minimum Gasteiger partial charge on any atom is -0.493 e. The molecule has 3 heterocycles. The van der Waals surface area contributed by atoms with Crippen molar-refractivity contribution in [3.63, 3.8) is 0 Å². The number of methoxy groups -OCH3 is 1. The molecule has 3 aromatic rings.